The zero-order chi connectivity index (χ0) is 8.55. The van der Waals surface area contributed by atoms with Crippen molar-refractivity contribution in [3.63, 3.8) is 0 Å². The van der Waals surface area contributed by atoms with Crippen LogP contribution in [0.3, 0.4) is 0 Å². The Balaban J connectivity index is 2.13. The molecule has 5 heteroatoms. The first-order valence-electron chi connectivity index (χ1n) is 3.77. The van der Waals surface area contributed by atoms with Crippen molar-refractivity contribution in [2.75, 3.05) is 13.1 Å². The maximum atomic E-state index is 11.5. The molecular weight excluding hydrogens is 222 g/mol. The van der Waals surface area contributed by atoms with Gasteiger partial charge in [-0.25, -0.2) is 0 Å². The van der Waals surface area contributed by atoms with Crippen LogP contribution in [0.5, 0.6) is 0 Å². The van der Waals surface area contributed by atoms with Crippen LogP contribution < -0.4 is 0 Å². The normalized spacial score (nSPS) is 15.9. The molecule has 0 aromatic carbocycles. The molecule has 0 unspecified atom stereocenters. The van der Waals surface area contributed by atoms with Crippen LogP contribution >= 0.6 is 15.9 Å². The Morgan fingerprint density at radius 1 is 1.67 bits per heavy atom. The van der Waals surface area contributed by atoms with E-state index in [0.717, 1.165) is 24.1 Å². The number of rotatable bonds is 1. The summed E-state index contributed by atoms with van der Waals surface area (Å²) in [7, 11) is 0. The number of carbonyl (C=O) groups excluding carboxylic acids is 1. The molecule has 2 heterocycles. The highest BCUT2D eigenvalue weighted by molar-refractivity contribution is 9.10. The van der Waals surface area contributed by atoms with Gasteiger partial charge in [-0.2, -0.15) is 5.10 Å². The molecule has 0 saturated carbocycles. The van der Waals surface area contributed by atoms with Crippen LogP contribution in [0.1, 0.15) is 16.9 Å². The lowest BCUT2D eigenvalue weighted by Gasteiger charge is -2.29. The molecule has 1 amide bonds. The third-order valence-corrected chi connectivity index (χ3v) is 2.32. The van der Waals surface area contributed by atoms with Crippen molar-refractivity contribution in [1.29, 1.82) is 0 Å². The summed E-state index contributed by atoms with van der Waals surface area (Å²) in [6, 6.07) is 1.70. The molecule has 1 aliphatic heterocycles. The molecule has 4 nitrogen and oxygen atoms in total. The van der Waals surface area contributed by atoms with Gasteiger partial charge in [0, 0.05) is 19.2 Å². The second-order valence-electron chi connectivity index (χ2n) is 2.75. The molecule has 12 heavy (non-hydrogen) atoms. The molecule has 0 spiro atoms. The van der Waals surface area contributed by atoms with Gasteiger partial charge < -0.3 is 4.90 Å². The molecule has 2 rings (SSSR count). The van der Waals surface area contributed by atoms with Gasteiger partial charge in [-0.15, -0.1) is 0 Å². The van der Waals surface area contributed by atoms with Gasteiger partial charge in [0.15, 0.2) is 5.69 Å². The molecule has 0 atom stereocenters. The lowest BCUT2D eigenvalue weighted by atomic mass is 10.2. The van der Waals surface area contributed by atoms with Crippen LogP contribution in [0.4, 0.5) is 0 Å². The highest BCUT2D eigenvalue weighted by Gasteiger charge is 2.23. The third kappa shape index (κ3) is 1.24. The Bertz CT molecular complexity index is 305. The fourth-order valence-corrected chi connectivity index (χ4v) is 1.39. The van der Waals surface area contributed by atoms with E-state index in [2.05, 4.69) is 26.1 Å². The minimum absolute atomic E-state index is 0.0169. The van der Waals surface area contributed by atoms with E-state index < -0.39 is 0 Å². The van der Waals surface area contributed by atoms with Crippen LogP contribution in [0.25, 0.3) is 0 Å². The zero-order valence-electron chi connectivity index (χ0n) is 6.38. The lowest BCUT2D eigenvalue weighted by molar-refractivity contribution is 0.0645. The number of aromatic amines is 1. The van der Waals surface area contributed by atoms with Crippen LogP contribution in [0.2, 0.25) is 0 Å². The summed E-state index contributed by atoms with van der Waals surface area (Å²) in [6.07, 6.45) is 1.11. The highest BCUT2D eigenvalue weighted by Crippen LogP contribution is 2.13. The Kier molecular flexibility index (Phi) is 1.88. The molecule has 1 aromatic heterocycles. The van der Waals surface area contributed by atoms with Gasteiger partial charge in [0.25, 0.3) is 5.91 Å². The summed E-state index contributed by atoms with van der Waals surface area (Å²) in [5, 5.41) is 6.53. The number of H-pyrrole nitrogens is 1. The van der Waals surface area contributed by atoms with Crippen molar-refractivity contribution in [3.8, 4) is 0 Å². The predicted octanol–water partition coefficient (Wildman–Crippen LogP) is 1.02. The summed E-state index contributed by atoms with van der Waals surface area (Å²) in [5.41, 5.74) is 0.488. The Morgan fingerprint density at radius 2 is 2.42 bits per heavy atom. The summed E-state index contributed by atoms with van der Waals surface area (Å²) in [5.74, 6) is 0.0169. The van der Waals surface area contributed by atoms with Crippen molar-refractivity contribution in [2.45, 2.75) is 6.42 Å². The van der Waals surface area contributed by atoms with Gasteiger partial charge in [0.1, 0.15) is 4.60 Å². The topological polar surface area (TPSA) is 49.0 Å². The molecule has 1 N–H and O–H groups in total. The minimum atomic E-state index is 0.0169. The van der Waals surface area contributed by atoms with Gasteiger partial charge in [-0.3, -0.25) is 9.89 Å². The van der Waals surface area contributed by atoms with Gasteiger partial charge in [-0.05, 0) is 22.4 Å². The maximum absolute atomic E-state index is 11.5. The standard InChI is InChI=1S/C7H8BrN3O/c8-6-4-5(9-10-6)7(12)11-2-1-3-11/h4H,1-3H2,(H,9,10). The van der Waals surface area contributed by atoms with E-state index in [1.165, 1.54) is 0 Å². The molecule has 0 bridgehead atoms. The number of carbonyl (C=O) groups is 1. The molecule has 1 aliphatic rings. The Morgan fingerprint density at radius 3 is 2.83 bits per heavy atom. The van der Waals surface area contributed by atoms with Crippen molar-refractivity contribution in [3.05, 3.63) is 16.4 Å². The minimum Gasteiger partial charge on any atom is -0.337 e. The number of nitrogens with one attached hydrogen (secondary N) is 1. The molecule has 1 aromatic rings. The second kappa shape index (κ2) is 2.90. The number of hydrogen-bond acceptors (Lipinski definition) is 2. The van der Waals surface area contributed by atoms with Gasteiger partial charge >= 0.3 is 0 Å². The van der Waals surface area contributed by atoms with E-state index >= 15 is 0 Å². The van der Waals surface area contributed by atoms with Crippen LogP contribution in [-0.2, 0) is 0 Å². The van der Waals surface area contributed by atoms with E-state index in [-0.39, 0.29) is 5.91 Å². The van der Waals surface area contributed by atoms with E-state index in [1.54, 1.807) is 11.0 Å². The summed E-state index contributed by atoms with van der Waals surface area (Å²) in [6.45, 7) is 1.73. The van der Waals surface area contributed by atoms with Crippen molar-refractivity contribution < 1.29 is 4.79 Å². The summed E-state index contributed by atoms with van der Waals surface area (Å²) < 4.78 is 0.742. The smallest absolute Gasteiger partial charge is 0.274 e. The van der Waals surface area contributed by atoms with Crippen molar-refractivity contribution in [2.24, 2.45) is 0 Å². The van der Waals surface area contributed by atoms with Crippen LogP contribution in [0.15, 0.2) is 10.7 Å². The number of amides is 1. The monoisotopic (exact) mass is 229 g/mol. The van der Waals surface area contributed by atoms with E-state index in [9.17, 15) is 4.79 Å². The van der Waals surface area contributed by atoms with Crippen LogP contribution in [0, 0.1) is 0 Å². The lowest BCUT2D eigenvalue weighted by Crippen LogP contribution is -2.42. The molecule has 0 aliphatic carbocycles. The number of likely N-dealkylation sites (tertiary alicyclic amines) is 1. The van der Waals surface area contributed by atoms with Crippen molar-refractivity contribution in [1.82, 2.24) is 15.1 Å². The fraction of sp³-hybridized carbons (Fsp3) is 0.429. The van der Waals surface area contributed by atoms with Gasteiger partial charge in [-0.1, -0.05) is 0 Å². The summed E-state index contributed by atoms with van der Waals surface area (Å²) >= 11 is 3.20. The number of halogens is 1. The first-order chi connectivity index (χ1) is 5.77. The second-order valence-corrected chi connectivity index (χ2v) is 3.60. The Hall–Kier alpha value is -0.840. The third-order valence-electron chi connectivity index (χ3n) is 1.91. The first kappa shape index (κ1) is 7.79. The molecular formula is C7H8BrN3O. The van der Waals surface area contributed by atoms with E-state index in [4.69, 9.17) is 0 Å². The largest absolute Gasteiger partial charge is 0.337 e. The first-order valence-corrected chi connectivity index (χ1v) is 4.57. The van der Waals surface area contributed by atoms with E-state index in [0.29, 0.717) is 5.69 Å². The average molecular weight is 230 g/mol. The zero-order valence-corrected chi connectivity index (χ0v) is 7.97. The number of aromatic nitrogens is 2. The quantitative estimate of drug-likeness (QED) is 0.782. The average Bonchev–Trinajstić information content (AvgIpc) is 2.31. The molecule has 0 radical (unpaired) electrons. The fourth-order valence-electron chi connectivity index (χ4n) is 1.09. The SMILES string of the molecule is O=C(c1cc(Br)[nH]n1)N1CCC1. The van der Waals surface area contributed by atoms with Crippen molar-refractivity contribution >= 4 is 21.8 Å². The molecule has 64 valence electrons. The Labute approximate surface area is 78.1 Å². The van der Waals surface area contributed by atoms with Gasteiger partial charge in [0.2, 0.25) is 0 Å². The molecule has 1 fully saturated rings. The van der Waals surface area contributed by atoms with E-state index in [1.807, 2.05) is 0 Å². The predicted molar refractivity (Wildman–Crippen MR) is 46.8 cm³/mol. The van der Waals surface area contributed by atoms with Gasteiger partial charge in [0.05, 0.1) is 0 Å². The number of nitrogens with zero attached hydrogens (tertiary/aromatic N) is 2. The number of hydrogen-bond donors (Lipinski definition) is 1. The maximum Gasteiger partial charge on any atom is 0.274 e. The highest BCUT2D eigenvalue weighted by atomic mass is 79.9. The molecule has 1 saturated heterocycles. The van der Waals surface area contributed by atoms with Crippen LogP contribution in [-0.4, -0.2) is 34.1 Å². The summed E-state index contributed by atoms with van der Waals surface area (Å²) in [4.78, 5) is 13.2.